The van der Waals surface area contributed by atoms with Gasteiger partial charge in [-0.2, -0.15) is 4.31 Å². The van der Waals surface area contributed by atoms with Gasteiger partial charge in [0.25, 0.3) is 0 Å². The Hall–Kier alpha value is -1.44. The summed E-state index contributed by atoms with van der Waals surface area (Å²) in [5, 5.41) is 2.66. The second-order valence-corrected chi connectivity index (χ2v) is 6.84. The van der Waals surface area contributed by atoms with E-state index in [0.29, 0.717) is 19.5 Å². The van der Waals surface area contributed by atoms with Crippen LogP contribution in [0, 0.1) is 0 Å². The second-order valence-electron chi connectivity index (χ2n) is 4.90. The number of hydrogen-bond acceptors (Lipinski definition) is 4. The van der Waals surface area contributed by atoms with Gasteiger partial charge in [-0.1, -0.05) is 12.1 Å². The summed E-state index contributed by atoms with van der Waals surface area (Å²) in [4.78, 5) is 11.7. The molecule has 3 N–H and O–H groups in total. The molecule has 1 aromatic rings. The predicted octanol–water partition coefficient (Wildman–Crippen LogP) is 0.217. The van der Waals surface area contributed by atoms with Crippen LogP contribution in [0.25, 0.3) is 0 Å². The van der Waals surface area contributed by atoms with Crippen molar-refractivity contribution in [3.05, 3.63) is 29.8 Å². The van der Waals surface area contributed by atoms with Crippen LogP contribution < -0.4 is 11.1 Å². The number of rotatable bonds is 3. The minimum Gasteiger partial charge on any atom is -0.355 e. The molecule has 1 amide bonds. The van der Waals surface area contributed by atoms with Crippen LogP contribution in [-0.2, 0) is 14.8 Å². The standard InChI is InChI=1S/C13H19N3O3S/c1-10(14)11-3-5-12(6-4-11)20(18,19)16-8-2-7-15-13(17)9-16/h3-6,10H,2,7-9,14H2,1H3,(H,15,17). The van der Waals surface area contributed by atoms with Gasteiger partial charge in [0.1, 0.15) is 0 Å². The van der Waals surface area contributed by atoms with Crippen LogP contribution in [0.15, 0.2) is 29.2 Å². The van der Waals surface area contributed by atoms with Crippen LogP contribution in [0.3, 0.4) is 0 Å². The topological polar surface area (TPSA) is 92.5 Å². The van der Waals surface area contributed by atoms with Crippen molar-refractivity contribution in [2.24, 2.45) is 5.73 Å². The van der Waals surface area contributed by atoms with Gasteiger partial charge in [-0.05, 0) is 31.0 Å². The molecule has 1 atom stereocenters. The molecule has 2 rings (SSSR count). The molecule has 0 aromatic heterocycles. The lowest BCUT2D eigenvalue weighted by atomic mass is 10.1. The van der Waals surface area contributed by atoms with Crippen LogP contribution in [0.5, 0.6) is 0 Å². The SMILES string of the molecule is CC(N)c1ccc(S(=O)(=O)N2CCCNC(=O)C2)cc1. The molecular weight excluding hydrogens is 278 g/mol. The van der Waals surface area contributed by atoms with E-state index in [1.807, 2.05) is 6.92 Å². The number of benzene rings is 1. The average molecular weight is 297 g/mol. The zero-order chi connectivity index (χ0) is 14.8. The zero-order valence-electron chi connectivity index (χ0n) is 11.4. The zero-order valence-corrected chi connectivity index (χ0v) is 12.2. The Morgan fingerprint density at radius 1 is 1.30 bits per heavy atom. The molecule has 0 saturated carbocycles. The maximum atomic E-state index is 12.5. The first-order chi connectivity index (χ1) is 9.41. The van der Waals surface area contributed by atoms with Gasteiger partial charge in [0, 0.05) is 19.1 Å². The molecule has 110 valence electrons. The maximum absolute atomic E-state index is 12.5. The Balaban J connectivity index is 2.26. The second kappa shape index (κ2) is 5.90. The Labute approximate surface area is 119 Å². The van der Waals surface area contributed by atoms with Gasteiger partial charge in [-0.3, -0.25) is 4.79 Å². The van der Waals surface area contributed by atoms with E-state index in [1.54, 1.807) is 12.1 Å². The molecule has 1 saturated heterocycles. The van der Waals surface area contributed by atoms with Crippen LogP contribution in [0.4, 0.5) is 0 Å². The number of hydrogen-bond donors (Lipinski definition) is 2. The summed E-state index contributed by atoms with van der Waals surface area (Å²) in [6.07, 6.45) is 0.614. The quantitative estimate of drug-likeness (QED) is 0.834. The third-order valence-electron chi connectivity index (χ3n) is 3.27. The number of carbonyl (C=O) groups excluding carboxylic acids is 1. The highest BCUT2D eigenvalue weighted by Gasteiger charge is 2.27. The molecule has 6 nitrogen and oxygen atoms in total. The number of nitrogens with one attached hydrogen (secondary N) is 1. The summed E-state index contributed by atoms with van der Waals surface area (Å²) >= 11 is 0. The summed E-state index contributed by atoms with van der Waals surface area (Å²) < 4.78 is 26.2. The van der Waals surface area contributed by atoms with Crippen molar-refractivity contribution in [3.63, 3.8) is 0 Å². The summed E-state index contributed by atoms with van der Waals surface area (Å²) in [6, 6.07) is 6.34. The van der Waals surface area contributed by atoms with Crippen molar-refractivity contribution in [2.45, 2.75) is 24.3 Å². The lowest BCUT2D eigenvalue weighted by Gasteiger charge is -2.19. The Morgan fingerprint density at radius 2 is 1.95 bits per heavy atom. The smallest absolute Gasteiger partial charge is 0.243 e. The normalized spacial score (nSPS) is 19.2. The van der Waals surface area contributed by atoms with E-state index in [1.165, 1.54) is 16.4 Å². The summed E-state index contributed by atoms with van der Waals surface area (Å²) in [5.74, 6) is -0.265. The molecule has 1 aliphatic heterocycles. The fourth-order valence-electron chi connectivity index (χ4n) is 2.08. The molecule has 20 heavy (non-hydrogen) atoms. The van der Waals surface area contributed by atoms with E-state index < -0.39 is 10.0 Å². The molecule has 0 aliphatic carbocycles. The number of nitrogens with two attached hydrogens (primary N) is 1. The van der Waals surface area contributed by atoms with Crippen molar-refractivity contribution in [2.75, 3.05) is 19.6 Å². The van der Waals surface area contributed by atoms with Gasteiger partial charge in [0.2, 0.25) is 15.9 Å². The highest BCUT2D eigenvalue weighted by atomic mass is 32.2. The van der Waals surface area contributed by atoms with E-state index in [2.05, 4.69) is 5.32 Å². The fraction of sp³-hybridized carbons (Fsp3) is 0.462. The molecule has 1 unspecified atom stereocenters. The first-order valence-corrected chi connectivity index (χ1v) is 7.97. The summed E-state index contributed by atoms with van der Waals surface area (Å²) in [7, 11) is -3.63. The highest BCUT2D eigenvalue weighted by molar-refractivity contribution is 7.89. The van der Waals surface area contributed by atoms with Gasteiger partial charge in [0.15, 0.2) is 0 Å². The summed E-state index contributed by atoms with van der Waals surface area (Å²) in [6.45, 7) is 2.56. The van der Waals surface area contributed by atoms with Crippen LogP contribution in [0.2, 0.25) is 0 Å². The molecular formula is C13H19N3O3S. The number of amides is 1. The van der Waals surface area contributed by atoms with Crippen molar-refractivity contribution in [3.8, 4) is 0 Å². The van der Waals surface area contributed by atoms with Crippen molar-refractivity contribution in [1.29, 1.82) is 0 Å². The molecule has 0 radical (unpaired) electrons. The third-order valence-corrected chi connectivity index (χ3v) is 5.13. The molecule has 1 aliphatic rings. The number of nitrogens with zero attached hydrogens (tertiary/aromatic N) is 1. The van der Waals surface area contributed by atoms with Gasteiger partial charge in [-0.15, -0.1) is 0 Å². The first kappa shape index (κ1) is 15.0. The third kappa shape index (κ3) is 3.17. The van der Waals surface area contributed by atoms with E-state index in [9.17, 15) is 13.2 Å². The molecule has 1 fully saturated rings. The maximum Gasteiger partial charge on any atom is 0.243 e. The van der Waals surface area contributed by atoms with E-state index in [0.717, 1.165) is 5.56 Å². The minimum absolute atomic E-state index is 0.128. The monoisotopic (exact) mass is 297 g/mol. The fourth-order valence-corrected chi connectivity index (χ4v) is 3.51. The van der Waals surface area contributed by atoms with Gasteiger partial charge >= 0.3 is 0 Å². The van der Waals surface area contributed by atoms with Gasteiger partial charge < -0.3 is 11.1 Å². The lowest BCUT2D eigenvalue weighted by molar-refractivity contribution is -0.120. The average Bonchev–Trinajstić information content (AvgIpc) is 2.64. The number of carbonyl (C=O) groups is 1. The Morgan fingerprint density at radius 3 is 2.55 bits per heavy atom. The highest BCUT2D eigenvalue weighted by Crippen LogP contribution is 2.19. The lowest BCUT2D eigenvalue weighted by Crippen LogP contribution is -2.37. The van der Waals surface area contributed by atoms with Crippen molar-refractivity contribution < 1.29 is 13.2 Å². The largest absolute Gasteiger partial charge is 0.355 e. The van der Waals surface area contributed by atoms with Crippen molar-refractivity contribution in [1.82, 2.24) is 9.62 Å². The number of sulfonamides is 1. The Bertz CT molecular complexity index is 581. The van der Waals surface area contributed by atoms with E-state index >= 15 is 0 Å². The van der Waals surface area contributed by atoms with Crippen LogP contribution >= 0.6 is 0 Å². The molecule has 0 bridgehead atoms. The predicted molar refractivity (Wildman–Crippen MR) is 75.4 cm³/mol. The minimum atomic E-state index is -3.63. The van der Waals surface area contributed by atoms with Gasteiger partial charge in [-0.25, -0.2) is 8.42 Å². The summed E-state index contributed by atoms with van der Waals surface area (Å²) in [5.41, 5.74) is 6.61. The first-order valence-electron chi connectivity index (χ1n) is 6.53. The van der Waals surface area contributed by atoms with E-state index in [4.69, 9.17) is 5.73 Å². The van der Waals surface area contributed by atoms with Crippen LogP contribution in [-0.4, -0.2) is 38.3 Å². The Kier molecular flexibility index (Phi) is 4.42. The van der Waals surface area contributed by atoms with Crippen LogP contribution in [0.1, 0.15) is 24.9 Å². The molecule has 7 heteroatoms. The molecule has 1 aromatic carbocycles. The van der Waals surface area contributed by atoms with Gasteiger partial charge in [0.05, 0.1) is 11.4 Å². The molecule has 1 heterocycles. The van der Waals surface area contributed by atoms with E-state index in [-0.39, 0.29) is 23.4 Å². The van der Waals surface area contributed by atoms with Crippen molar-refractivity contribution >= 4 is 15.9 Å². The molecule has 0 spiro atoms.